The van der Waals surface area contributed by atoms with Gasteiger partial charge >= 0.3 is 6.18 Å². The number of aromatic nitrogens is 3. The van der Waals surface area contributed by atoms with E-state index >= 15 is 0 Å². The molecule has 10 heteroatoms. The van der Waals surface area contributed by atoms with Crippen molar-refractivity contribution in [2.45, 2.75) is 18.5 Å². The van der Waals surface area contributed by atoms with Gasteiger partial charge in [0.15, 0.2) is 17.8 Å². The lowest BCUT2D eigenvalue weighted by atomic mass is 10.1. The van der Waals surface area contributed by atoms with E-state index in [4.69, 9.17) is 0 Å². The summed E-state index contributed by atoms with van der Waals surface area (Å²) in [5.74, 6) is -2.40. The molecule has 2 unspecified atom stereocenters. The summed E-state index contributed by atoms with van der Waals surface area (Å²) in [5, 5.41) is 4.85. The van der Waals surface area contributed by atoms with Crippen LogP contribution in [0.15, 0.2) is 55.0 Å². The smallest absolute Gasteiger partial charge is 0.302 e. The Morgan fingerprint density at radius 1 is 1.17 bits per heavy atom. The normalized spacial score (nSPS) is 19.3. The number of hydrogen-bond acceptors (Lipinski definition) is 3. The minimum absolute atomic E-state index is 0.136. The number of carbonyl (C=O) groups excluding carboxylic acids is 1. The number of likely N-dealkylation sites (tertiary alicyclic amines) is 1. The van der Waals surface area contributed by atoms with Crippen molar-refractivity contribution in [3.8, 4) is 11.3 Å². The highest BCUT2D eigenvalue weighted by Gasteiger charge is 2.46. The summed E-state index contributed by atoms with van der Waals surface area (Å²) in [6.07, 6.45) is -4.83. The van der Waals surface area contributed by atoms with Crippen molar-refractivity contribution in [3.05, 3.63) is 60.6 Å². The molecule has 1 saturated heterocycles. The molecule has 2 aromatic heterocycles. The van der Waals surface area contributed by atoms with Gasteiger partial charge in [0.25, 0.3) is 5.91 Å². The lowest BCUT2D eigenvalue weighted by Gasteiger charge is -2.42. The van der Waals surface area contributed by atoms with E-state index in [9.17, 15) is 26.7 Å². The lowest BCUT2D eigenvalue weighted by Crippen LogP contribution is -2.57. The van der Waals surface area contributed by atoms with Gasteiger partial charge in [0.05, 0.1) is 12.1 Å². The van der Waals surface area contributed by atoms with Crippen LogP contribution in [0.5, 0.6) is 0 Å². The molecule has 1 aliphatic heterocycles. The van der Waals surface area contributed by atoms with E-state index in [2.05, 4.69) is 16.7 Å². The van der Waals surface area contributed by atoms with Gasteiger partial charge in [-0.1, -0.05) is 18.7 Å². The van der Waals surface area contributed by atoms with Crippen molar-refractivity contribution in [2.75, 3.05) is 6.54 Å². The third-order valence-electron chi connectivity index (χ3n) is 4.76. The van der Waals surface area contributed by atoms with Gasteiger partial charge in [0.2, 0.25) is 0 Å². The second kappa shape index (κ2) is 6.64. The van der Waals surface area contributed by atoms with Crippen molar-refractivity contribution < 1.29 is 26.7 Å². The SMILES string of the molecule is C=C(F)C(=O)N1CC(n2nc(-c3ccc(C(F)(F)F)cc3)c3cccnc32)C1F. The summed E-state index contributed by atoms with van der Waals surface area (Å²) in [6, 6.07) is 6.81. The summed E-state index contributed by atoms with van der Waals surface area (Å²) >= 11 is 0. The Morgan fingerprint density at radius 2 is 1.86 bits per heavy atom. The van der Waals surface area contributed by atoms with Gasteiger partial charge in [-0.15, -0.1) is 0 Å². The third-order valence-corrected chi connectivity index (χ3v) is 4.76. The molecule has 3 aromatic rings. The van der Waals surface area contributed by atoms with Crippen LogP contribution in [0, 0.1) is 0 Å². The Balaban J connectivity index is 1.72. The first-order valence-electron chi connectivity index (χ1n) is 8.49. The van der Waals surface area contributed by atoms with Crippen LogP contribution in [0.4, 0.5) is 22.0 Å². The van der Waals surface area contributed by atoms with Gasteiger partial charge in [0, 0.05) is 17.1 Å². The summed E-state index contributed by atoms with van der Waals surface area (Å²) in [5.41, 5.74) is 0.232. The van der Waals surface area contributed by atoms with Crippen molar-refractivity contribution in [3.63, 3.8) is 0 Å². The molecule has 4 rings (SSSR count). The molecule has 0 radical (unpaired) electrons. The Labute approximate surface area is 161 Å². The lowest BCUT2D eigenvalue weighted by molar-refractivity contribution is -0.150. The fraction of sp³-hybridized carbons (Fsp3) is 0.211. The van der Waals surface area contributed by atoms with E-state index in [1.54, 1.807) is 12.1 Å². The van der Waals surface area contributed by atoms with Crippen molar-refractivity contribution >= 4 is 16.9 Å². The highest BCUT2D eigenvalue weighted by atomic mass is 19.4. The number of alkyl halides is 4. The molecule has 150 valence electrons. The van der Waals surface area contributed by atoms with Crippen molar-refractivity contribution in [2.24, 2.45) is 0 Å². The number of benzene rings is 1. The number of hydrogen-bond donors (Lipinski definition) is 0. The predicted octanol–water partition coefficient (Wildman–Crippen LogP) is 4.28. The van der Waals surface area contributed by atoms with Crippen LogP contribution in [0.25, 0.3) is 22.3 Å². The molecular weight excluding hydrogens is 395 g/mol. The predicted molar refractivity (Wildman–Crippen MR) is 93.9 cm³/mol. The molecule has 5 nitrogen and oxygen atoms in total. The van der Waals surface area contributed by atoms with Crippen molar-refractivity contribution in [1.82, 2.24) is 19.7 Å². The maximum absolute atomic E-state index is 14.6. The number of pyridine rings is 1. The van der Waals surface area contributed by atoms with Crippen LogP contribution >= 0.6 is 0 Å². The van der Waals surface area contributed by atoms with Crippen LogP contribution in [0.1, 0.15) is 11.6 Å². The molecule has 0 saturated carbocycles. The van der Waals surface area contributed by atoms with Gasteiger partial charge in [-0.25, -0.2) is 18.4 Å². The van der Waals surface area contributed by atoms with E-state index < -0.39 is 35.8 Å². The van der Waals surface area contributed by atoms with Crippen LogP contribution in [-0.4, -0.2) is 38.4 Å². The van der Waals surface area contributed by atoms with Crippen LogP contribution < -0.4 is 0 Å². The summed E-state index contributed by atoms with van der Waals surface area (Å²) in [7, 11) is 0. The maximum Gasteiger partial charge on any atom is 0.416 e. The molecule has 1 fully saturated rings. The number of halogens is 5. The Kier molecular flexibility index (Phi) is 4.36. The molecule has 1 aromatic carbocycles. The van der Waals surface area contributed by atoms with Crippen LogP contribution in [0.3, 0.4) is 0 Å². The molecule has 1 aliphatic rings. The number of amides is 1. The van der Waals surface area contributed by atoms with Gasteiger partial charge < -0.3 is 4.90 Å². The Hall–Kier alpha value is -3.30. The summed E-state index contributed by atoms with van der Waals surface area (Å²) in [4.78, 5) is 16.5. The van der Waals surface area contributed by atoms with E-state index in [0.717, 1.165) is 12.1 Å². The van der Waals surface area contributed by atoms with Crippen LogP contribution in [0.2, 0.25) is 0 Å². The standard InChI is InChI=1S/C19H13F5N4O/c1-10(20)18(29)27-9-14(16(27)21)28-17-13(3-2-8-25-17)15(26-28)11-4-6-12(7-5-11)19(22,23)24/h2-8,14,16H,1,9H2. The quantitative estimate of drug-likeness (QED) is 0.369. The minimum Gasteiger partial charge on any atom is -0.302 e. The third kappa shape index (κ3) is 3.14. The van der Waals surface area contributed by atoms with E-state index in [1.165, 1.54) is 23.0 Å². The largest absolute Gasteiger partial charge is 0.416 e. The summed E-state index contributed by atoms with van der Waals surface area (Å²) < 4.78 is 67.2. The molecule has 29 heavy (non-hydrogen) atoms. The fourth-order valence-electron chi connectivity index (χ4n) is 3.24. The second-order valence-electron chi connectivity index (χ2n) is 6.55. The fourth-order valence-corrected chi connectivity index (χ4v) is 3.24. The first kappa shape index (κ1) is 19.0. The molecular formula is C19H13F5N4O. The Morgan fingerprint density at radius 3 is 2.45 bits per heavy atom. The molecule has 2 atom stereocenters. The van der Waals surface area contributed by atoms with Gasteiger partial charge in [-0.3, -0.25) is 4.79 Å². The zero-order valence-corrected chi connectivity index (χ0v) is 14.7. The number of carbonyl (C=O) groups is 1. The average molecular weight is 408 g/mol. The number of fused-ring (bicyclic) bond motifs is 1. The highest BCUT2D eigenvalue weighted by Crippen LogP contribution is 2.37. The molecule has 0 spiro atoms. The first-order valence-corrected chi connectivity index (χ1v) is 8.49. The van der Waals surface area contributed by atoms with E-state index in [-0.39, 0.29) is 6.54 Å². The van der Waals surface area contributed by atoms with Gasteiger partial charge in [0.1, 0.15) is 11.7 Å². The average Bonchev–Trinajstić information content (AvgIpc) is 3.05. The van der Waals surface area contributed by atoms with Gasteiger partial charge in [-0.2, -0.15) is 18.3 Å². The maximum atomic E-state index is 14.6. The topological polar surface area (TPSA) is 51.0 Å². The minimum atomic E-state index is -4.47. The monoisotopic (exact) mass is 408 g/mol. The number of rotatable bonds is 3. The molecule has 3 heterocycles. The first-order chi connectivity index (χ1) is 13.7. The molecule has 0 aliphatic carbocycles. The zero-order valence-electron chi connectivity index (χ0n) is 14.7. The van der Waals surface area contributed by atoms with Crippen molar-refractivity contribution in [1.29, 1.82) is 0 Å². The Bertz CT molecular complexity index is 1110. The molecule has 0 bridgehead atoms. The van der Waals surface area contributed by atoms with E-state index in [1.807, 2.05) is 0 Å². The zero-order chi connectivity index (χ0) is 20.9. The van der Waals surface area contributed by atoms with Crippen LogP contribution in [-0.2, 0) is 11.0 Å². The number of nitrogens with zero attached hydrogens (tertiary/aromatic N) is 4. The summed E-state index contributed by atoms with van der Waals surface area (Å²) in [6.45, 7) is 2.73. The molecule has 0 N–H and O–H groups in total. The second-order valence-corrected chi connectivity index (χ2v) is 6.55. The molecule has 1 amide bonds. The van der Waals surface area contributed by atoms with E-state index in [0.29, 0.717) is 27.2 Å². The van der Waals surface area contributed by atoms with Gasteiger partial charge in [-0.05, 0) is 24.3 Å². The highest BCUT2D eigenvalue weighted by molar-refractivity contribution is 5.92.